The maximum atomic E-state index is 8.86. The van der Waals surface area contributed by atoms with Crippen molar-refractivity contribution in [3.8, 4) is 6.07 Å². The van der Waals surface area contributed by atoms with Crippen molar-refractivity contribution >= 4 is 35.5 Å². The number of anilines is 4. The molecule has 3 aromatic rings. The molecule has 0 aliphatic carbocycles. The van der Waals surface area contributed by atoms with Crippen LogP contribution in [-0.2, 0) is 0 Å². The molecule has 0 saturated carbocycles. The number of hydrogen-bond acceptors (Lipinski definition) is 6. The first-order valence-electron chi connectivity index (χ1n) is 8.04. The Hall–Kier alpha value is -3.72. The molecule has 0 aliphatic heterocycles. The van der Waals surface area contributed by atoms with Crippen molar-refractivity contribution in [3.05, 3.63) is 65.4 Å². The van der Waals surface area contributed by atoms with Crippen LogP contribution in [0.2, 0.25) is 0 Å². The Labute approximate surface area is 152 Å². The Bertz CT molecular complexity index is 963. The predicted molar refractivity (Wildman–Crippen MR) is 105 cm³/mol. The molecular formula is C20H18N6. The van der Waals surface area contributed by atoms with Crippen LogP contribution < -0.4 is 10.6 Å². The normalized spacial score (nSPS) is 10.0. The van der Waals surface area contributed by atoms with Crippen molar-refractivity contribution in [1.82, 2.24) is 9.97 Å². The second kappa shape index (κ2) is 7.45. The van der Waals surface area contributed by atoms with E-state index in [1.54, 1.807) is 18.3 Å². The SMILES string of the molecule is C=Nc1cc(C)c(Nc2ccnc(Nc3ccc(C#N)cc3)n2)c(C)c1. The summed E-state index contributed by atoms with van der Waals surface area (Å²) in [7, 11) is 0. The van der Waals surface area contributed by atoms with Crippen molar-refractivity contribution in [2.45, 2.75) is 13.8 Å². The monoisotopic (exact) mass is 342 g/mol. The first kappa shape index (κ1) is 17.1. The number of hydrogen-bond donors (Lipinski definition) is 2. The lowest BCUT2D eigenvalue weighted by atomic mass is 10.1. The largest absolute Gasteiger partial charge is 0.340 e. The van der Waals surface area contributed by atoms with Crippen molar-refractivity contribution < 1.29 is 0 Å². The molecule has 0 saturated heterocycles. The molecule has 0 unspecified atom stereocenters. The van der Waals surface area contributed by atoms with Gasteiger partial charge in [0.05, 0.1) is 17.3 Å². The maximum Gasteiger partial charge on any atom is 0.229 e. The minimum Gasteiger partial charge on any atom is -0.340 e. The van der Waals surface area contributed by atoms with Gasteiger partial charge >= 0.3 is 0 Å². The molecule has 26 heavy (non-hydrogen) atoms. The Morgan fingerprint density at radius 2 is 1.73 bits per heavy atom. The second-order valence-electron chi connectivity index (χ2n) is 5.82. The van der Waals surface area contributed by atoms with Crippen molar-refractivity contribution in [2.75, 3.05) is 10.6 Å². The fourth-order valence-electron chi connectivity index (χ4n) is 2.60. The van der Waals surface area contributed by atoms with Gasteiger partial charge in [0.15, 0.2) is 0 Å². The number of aliphatic imine (C=N–C) groups is 1. The van der Waals surface area contributed by atoms with Gasteiger partial charge < -0.3 is 10.6 Å². The average Bonchev–Trinajstić information content (AvgIpc) is 2.65. The quantitative estimate of drug-likeness (QED) is 0.651. The number of benzene rings is 2. The summed E-state index contributed by atoms with van der Waals surface area (Å²) in [5.74, 6) is 1.15. The highest BCUT2D eigenvalue weighted by Crippen LogP contribution is 2.28. The fourth-order valence-corrected chi connectivity index (χ4v) is 2.60. The highest BCUT2D eigenvalue weighted by molar-refractivity contribution is 5.69. The highest BCUT2D eigenvalue weighted by Gasteiger charge is 2.07. The van der Waals surface area contributed by atoms with E-state index in [4.69, 9.17) is 5.26 Å². The molecule has 6 nitrogen and oxygen atoms in total. The average molecular weight is 342 g/mol. The van der Waals surface area contributed by atoms with E-state index in [0.29, 0.717) is 17.3 Å². The summed E-state index contributed by atoms with van der Waals surface area (Å²) in [4.78, 5) is 12.7. The van der Waals surface area contributed by atoms with Gasteiger partial charge in [0.25, 0.3) is 0 Å². The standard InChI is InChI=1S/C20H18N6/c1-13-10-17(22-3)11-14(2)19(13)25-18-8-9-23-20(26-18)24-16-6-4-15(12-21)5-7-16/h4-11H,3H2,1-2H3,(H2,23,24,25,26). The Balaban J connectivity index is 1.81. The van der Waals surface area contributed by atoms with Crippen LogP contribution in [0, 0.1) is 25.2 Å². The van der Waals surface area contributed by atoms with Gasteiger partial charge in [-0.3, -0.25) is 4.99 Å². The van der Waals surface area contributed by atoms with Gasteiger partial charge in [-0.2, -0.15) is 10.2 Å². The number of rotatable bonds is 5. The Kier molecular flexibility index (Phi) is 4.90. The van der Waals surface area contributed by atoms with Gasteiger partial charge in [0.2, 0.25) is 5.95 Å². The van der Waals surface area contributed by atoms with E-state index in [2.05, 4.69) is 38.4 Å². The molecule has 2 N–H and O–H groups in total. The zero-order valence-electron chi connectivity index (χ0n) is 14.6. The summed E-state index contributed by atoms with van der Waals surface area (Å²) >= 11 is 0. The molecule has 128 valence electrons. The zero-order chi connectivity index (χ0) is 18.5. The molecule has 0 amide bonds. The molecular weight excluding hydrogens is 324 g/mol. The molecule has 1 aromatic heterocycles. The predicted octanol–water partition coefficient (Wildman–Crippen LogP) is 4.78. The lowest BCUT2D eigenvalue weighted by Crippen LogP contribution is -2.02. The Morgan fingerprint density at radius 3 is 2.35 bits per heavy atom. The number of nitrogens with one attached hydrogen (secondary N) is 2. The molecule has 0 spiro atoms. The number of nitriles is 1. The third kappa shape index (κ3) is 3.84. The highest BCUT2D eigenvalue weighted by atomic mass is 15.1. The van der Waals surface area contributed by atoms with Crippen LogP contribution >= 0.6 is 0 Å². The van der Waals surface area contributed by atoms with Crippen molar-refractivity contribution in [2.24, 2.45) is 4.99 Å². The summed E-state index contributed by atoms with van der Waals surface area (Å²) in [6.45, 7) is 7.60. The lowest BCUT2D eigenvalue weighted by molar-refractivity contribution is 1.16. The van der Waals surface area contributed by atoms with E-state index >= 15 is 0 Å². The summed E-state index contributed by atoms with van der Waals surface area (Å²) in [5.41, 5.74) is 5.38. The van der Waals surface area contributed by atoms with Gasteiger partial charge in [-0.05, 0) is 74.2 Å². The van der Waals surface area contributed by atoms with Crippen LogP contribution in [0.4, 0.5) is 28.8 Å². The summed E-state index contributed by atoms with van der Waals surface area (Å²) in [5, 5.41) is 15.3. The van der Waals surface area contributed by atoms with E-state index in [0.717, 1.165) is 28.2 Å². The number of aromatic nitrogens is 2. The van der Waals surface area contributed by atoms with Crippen LogP contribution in [-0.4, -0.2) is 16.7 Å². The first-order chi connectivity index (χ1) is 12.6. The molecule has 0 radical (unpaired) electrons. The lowest BCUT2D eigenvalue weighted by Gasteiger charge is -2.14. The maximum absolute atomic E-state index is 8.86. The second-order valence-corrected chi connectivity index (χ2v) is 5.82. The third-order valence-corrected chi connectivity index (χ3v) is 3.88. The van der Waals surface area contributed by atoms with Crippen LogP contribution in [0.5, 0.6) is 0 Å². The fraction of sp³-hybridized carbons (Fsp3) is 0.100. The van der Waals surface area contributed by atoms with E-state index in [-0.39, 0.29) is 0 Å². The van der Waals surface area contributed by atoms with E-state index < -0.39 is 0 Å². The minimum absolute atomic E-state index is 0.472. The summed E-state index contributed by atoms with van der Waals surface area (Å²) in [6, 6.07) is 15.0. The molecule has 0 bridgehead atoms. The molecule has 1 heterocycles. The van der Waals surface area contributed by atoms with Gasteiger partial charge in [-0.1, -0.05) is 0 Å². The molecule has 0 aliphatic rings. The van der Waals surface area contributed by atoms with Gasteiger partial charge in [-0.15, -0.1) is 0 Å². The zero-order valence-corrected chi connectivity index (χ0v) is 14.6. The number of nitrogens with zero attached hydrogens (tertiary/aromatic N) is 4. The van der Waals surface area contributed by atoms with Crippen LogP contribution in [0.1, 0.15) is 16.7 Å². The van der Waals surface area contributed by atoms with Crippen LogP contribution in [0.15, 0.2) is 53.7 Å². The van der Waals surface area contributed by atoms with Gasteiger partial charge in [0.1, 0.15) is 5.82 Å². The molecule has 0 fully saturated rings. The van der Waals surface area contributed by atoms with E-state index in [9.17, 15) is 0 Å². The first-order valence-corrected chi connectivity index (χ1v) is 8.04. The molecule has 2 aromatic carbocycles. The van der Waals surface area contributed by atoms with Crippen LogP contribution in [0.25, 0.3) is 0 Å². The topological polar surface area (TPSA) is 86.0 Å². The Morgan fingerprint density at radius 1 is 1.04 bits per heavy atom. The van der Waals surface area contributed by atoms with Gasteiger partial charge in [-0.25, -0.2) is 4.98 Å². The van der Waals surface area contributed by atoms with E-state index in [1.165, 1.54) is 0 Å². The molecule has 3 rings (SSSR count). The van der Waals surface area contributed by atoms with Crippen LogP contribution in [0.3, 0.4) is 0 Å². The summed E-state index contributed by atoms with van der Waals surface area (Å²) < 4.78 is 0. The third-order valence-electron chi connectivity index (χ3n) is 3.88. The smallest absolute Gasteiger partial charge is 0.229 e. The van der Waals surface area contributed by atoms with Crippen molar-refractivity contribution in [3.63, 3.8) is 0 Å². The summed E-state index contributed by atoms with van der Waals surface area (Å²) in [6.07, 6.45) is 1.69. The number of aryl methyl sites for hydroxylation is 2. The van der Waals surface area contributed by atoms with Crippen molar-refractivity contribution in [1.29, 1.82) is 5.26 Å². The molecule has 0 atom stereocenters. The van der Waals surface area contributed by atoms with E-state index in [1.807, 2.05) is 44.2 Å². The minimum atomic E-state index is 0.472. The van der Waals surface area contributed by atoms with Gasteiger partial charge in [0, 0.05) is 17.6 Å². The molecule has 6 heteroatoms.